The molecule has 0 saturated carbocycles. The predicted octanol–water partition coefficient (Wildman–Crippen LogP) is 1.09. The Morgan fingerprint density at radius 3 is 3.18 bits per heavy atom. The fourth-order valence-electron chi connectivity index (χ4n) is 1.45. The van der Waals surface area contributed by atoms with Crippen LogP contribution in [0.5, 0.6) is 0 Å². The molecule has 1 aromatic carbocycles. The van der Waals surface area contributed by atoms with Gasteiger partial charge in [-0.1, -0.05) is 23.8 Å². The lowest BCUT2D eigenvalue weighted by molar-refractivity contribution is 0.151. The SMILES string of the molecule is Cc1ccc2c(c1)C(O)NC2. The summed E-state index contributed by atoms with van der Waals surface area (Å²) in [5.74, 6) is 0. The van der Waals surface area contributed by atoms with Gasteiger partial charge in [0.1, 0.15) is 6.23 Å². The summed E-state index contributed by atoms with van der Waals surface area (Å²) in [6.45, 7) is 2.82. The Kier molecular flexibility index (Phi) is 1.44. The topological polar surface area (TPSA) is 32.3 Å². The van der Waals surface area contributed by atoms with Crippen molar-refractivity contribution in [3.63, 3.8) is 0 Å². The van der Waals surface area contributed by atoms with Gasteiger partial charge in [-0.25, -0.2) is 0 Å². The van der Waals surface area contributed by atoms with Crippen LogP contribution in [0, 0.1) is 6.92 Å². The summed E-state index contributed by atoms with van der Waals surface area (Å²) in [7, 11) is 0. The molecule has 1 atom stereocenters. The van der Waals surface area contributed by atoms with E-state index >= 15 is 0 Å². The van der Waals surface area contributed by atoms with Crippen LogP contribution < -0.4 is 5.32 Å². The van der Waals surface area contributed by atoms with Gasteiger partial charge in [0.25, 0.3) is 0 Å². The number of hydrogen-bond acceptors (Lipinski definition) is 2. The molecule has 11 heavy (non-hydrogen) atoms. The van der Waals surface area contributed by atoms with E-state index in [2.05, 4.69) is 17.4 Å². The number of nitrogens with one attached hydrogen (secondary N) is 1. The van der Waals surface area contributed by atoms with E-state index in [4.69, 9.17) is 0 Å². The zero-order valence-electron chi connectivity index (χ0n) is 6.46. The second kappa shape index (κ2) is 2.32. The van der Waals surface area contributed by atoms with Crippen LogP contribution in [0.4, 0.5) is 0 Å². The molecule has 0 aliphatic carbocycles. The van der Waals surface area contributed by atoms with Crippen LogP contribution in [0.3, 0.4) is 0 Å². The minimum atomic E-state index is -0.454. The molecule has 0 saturated heterocycles. The predicted molar refractivity (Wildman–Crippen MR) is 43.0 cm³/mol. The van der Waals surface area contributed by atoms with Gasteiger partial charge < -0.3 is 5.11 Å². The molecular formula is C9H11NO. The highest BCUT2D eigenvalue weighted by atomic mass is 16.3. The number of aliphatic hydroxyl groups excluding tert-OH is 1. The molecule has 0 aromatic heterocycles. The quantitative estimate of drug-likeness (QED) is 0.578. The third-order valence-corrected chi connectivity index (χ3v) is 2.08. The largest absolute Gasteiger partial charge is 0.374 e. The van der Waals surface area contributed by atoms with Crippen LogP contribution in [0.25, 0.3) is 0 Å². The highest BCUT2D eigenvalue weighted by molar-refractivity contribution is 5.35. The fraction of sp³-hybridized carbons (Fsp3) is 0.333. The van der Waals surface area contributed by atoms with Crippen molar-refractivity contribution in [2.24, 2.45) is 0 Å². The molecule has 2 N–H and O–H groups in total. The summed E-state index contributed by atoms with van der Waals surface area (Å²) in [6.07, 6.45) is -0.454. The Morgan fingerprint density at radius 2 is 2.36 bits per heavy atom. The first-order valence-electron chi connectivity index (χ1n) is 3.78. The van der Waals surface area contributed by atoms with Crippen molar-refractivity contribution < 1.29 is 5.11 Å². The molecule has 2 rings (SSSR count). The van der Waals surface area contributed by atoms with Gasteiger partial charge in [0.05, 0.1) is 0 Å². The molecular weight excluding hydrogens is 138 g/mol. The maximum Gasteiger partial charge on any atom is 0.131 e. The number of fused-ring (bicyclic) bond motifs is 1. The van der Waals surface area contributed by atoms with Crippen molar-refractivity contribution in [1.82, 2.24) is 5.32 Å². The second-order valence-electron chi connectivity index (χ2n) is 2.99. The summed E-state index contributed by atoms with van der Waals surface area (Å²) in [5.41, 5.74) is 3.44. The van der Waals surface area contributed by atoms with E-state index in [9.17, 15) is 5.11 Å². The molecule has 1 aromatic rings. The van der Waals surface area contributed by atoms with Crippen molar-refractivity contribution in [1.29, 1.82) is 0 Å². The van der Waals surface area contributed by atoms with Crippen LogP contribution >= 0.6 is 0 Å². The van der Waals surface area contributed by atoms with Gasteiger partial charge in [-0.15, -0.1) is 0 Å². The molecule has 0 radical (unpaired) electrons. The Labute approximate surface area is 65.9 Å². The molecule has 0 bridgehead atoms. The zero-order valence-corrected chi connectivity index (χ0v) is 6.46. The van der Waals surface area contributed by atoms with Crippen molar-refractivity contribution in [3.8, 4) is 0 Å². The number of benzene rings is 1. The van der Waals surface area contributed by atoms with Crippen LogP contribution in [-0.4, -0.2) is 5.11 Å². The van der Waals surface area contributed by atoms with Crippen molar-refractivity contribution in [2.75, 3.05) is 0 Å². The summed E-state index contributed by atoms with van der Waals surface area (Å²) >= 11 is 0. The van der Waals surface area contributed by atoms with Crippen LogP contribution in [0.15, 0.2) is 18.2 Å². The molecule has 2 heteroatoms. The first-order chi connectivity index (χ1) is 5.27. The minimum Gasteiger partial charge on any atom is -0.374 e. The molecule has 58 valence electrons. The molecule has 0 spiro atoms. The maximum absolute atomic E-state index is 9.39. The highest BCUT2D eigenvalue weighted by Gasteiger charge is 2.18. The van der Waals surface area contributed by atoms with Gasteiger partial charge in [0.15, 0.2) is 0 Å². The minimum absolute atomic E-state index is 0.454. The number of aliphatic hydroxyl groups is 1. The van der Waals surface area contributed by atoms with E-state index in [0.717, 1.165) is 12.1 Å². The standard InChI is InChI=1S/C9H11NO/c1-6-2-3-7-5-10-9(11)8(7)4-6/h2-4,9-11H,5H2,1H3. The van der Waals surface area contributed by atoms with Crippen LogP contribution in [0.2, 0.25) is 0 Å². The van der Waals surface area contributed by atoms with E-state index < -0.39 is 6.23 Å². The summed E-state index contributed by atoms with van der Waals surface area (Å²) in [5, 5.41) is 12.4. The summed E-state index contributed by atoms with van der Waals surface area (Å²) in [6, 6.07) is 6.16. The van der Waals surface area contributed by atoms with Crippen LogP contribution in [-0.2, 0) is 6.54 Å². The van der Waals surface area contributed by atoms with Gasteiger partial charge in [-0.2, -0.15) is 0 Å². The van der Waals surface area contributed by atoms with Gasteiger partial charge in [-0.3, -0.25) is 5.32 Å². The smallest absolute Gasteiger partial charge is 0.131 e. The Bertz CT molecular complexity index is 283. The third kappa shape index (κ3) is 1.04. The molecule has 1 aliphatic rings. The number of aryl methyl sites for hydroxylation is 1. The number of rotatable bonds is 0. The molecule has 0 fully saturated rings. The summed E-state index contributed by atoms with van der Waals surface area (Å²) in [4.78, 5) is 0. The molecule has 2 nitrogen and oxygen atoms in total. The lowest BCUT2D eigenvalue weighted by Gasteiger charge is -2.03. The van der Waals surface area contributed by atoms with E-state index in [-0.39, 0.29) is 0 Å². The van der Waals surface area contributed by atoms with Crippen molar-refractivity contribution in [3.05, 3.63) is 34.9 Å². The Morgan fingerprint density at radius 1 is 1.55 bits per heavy atom. The summed E-state index contributed by atoms with van der Waals surface area (Å²) < 4.78 is 0. The van der Waals surface area contributed by atoms with Gasteiger partial charge >= 0.3 is 0 Å². The molecule has 1 unspecified atom stereocenters. The zero-order chi connectivity index (χ0) is 7.84. The second-order valence-corrected chi connectivity index (χ2v) is 2.99. The van der Waals surface area contributed by atoms with E-state index in [1.165, 1.54) is 11.1 Å². The first kappa shape index (κ1) is 6.83. The van der Waals surface area contributed by atoms with Crippen molar-refractivity contribution in [2.45, 2.75) is 19.7 Å². The molecule has 1 heterocycles. The lowest BCUT2D eigenvalue weighted by atomic mass is 10.1. The molecule has 0 amide bonds. The Hall–Kier alpha value is -0.860. The van der Waals surface area contributed by atoms with Gasteiger partial charge in [-0.05, 0) is 18.1 Å². The van der Waals surface area contributed by atoms with Crippen LogP contribution in [0.1, 0.15) is 22.9 Å². The first-order valence-corrected chi connectivity index (χ1v) is 3.78. The lowest BCUT2D eigenvalue weighted by Crippen LogP contribution is -2.10. The number of hydrogen-bond donors (Lipinski definition) is 2. The van der Waals surface area contributed by atoms with E-state index in [1.807, 2.05) is 13.0 Å². The Balaban J connectivity index is 2.52. The molecule has 1 aliphatic heterocycles. The van der Waals surface area contributed by atoms with Gasteiger partial charge in [0.2, 0.25) is 0 Å². The monoisotopic (exact) mass is 149 g/mol. The van der Waals surface area contributed by atoms with E-state index in [1.54, 1.807) is 0 Å². The van der Waals surface area contributed by atoms with E-state index in [0.29, 0.717) is 0 Å². The average molecular weight is 149 g/mol. The maximum atomic E-state index is 9.39. The third-order valence-electron chi connectivity index (χ3n) is 2.08. The average Bonchev–Trinajstić information content (AvgIpc) is 2.33. The normalized spacial score (nSPS) is 21.8. The van der Waals surface area contributed by atoms with Crippen molar-refractivity contribution >= 4 is 0 Å². The van der Waals surface area contributed by atoms with Gasteiger partial charge in [0, 0.05) is 6.54 Å². The highest BCUT2D eigenvalue weighted by Crippen LogP contribution is 2.23. The fourth-order valence-corrected chi connectivity index (χ4v) is 1.45.